The zero-order valence-electron chi connectivity index (χ0n) is 18.4. The zero-order chi connectivity index (χ0) is 22.5. The van der Waals surface area contributed by atoms with Gasteiger partial charge in [-0.25, -0.2) is 4.39 Å². The number of phenols is 1. The highest BCUT2D eigenvalue weighted by Crippen LogP contribution is 2.41. The molecule has 6 rings (SSSR count). The molecule has 1 fully saturated rings. The van der Waals surface area contributed by atoms with Gasteiger partial charge in [0.2, 0.25) is 0 Å². The minimum absolute atomic E-state index is 0.0274. The highest BCUT2D eigenvalue weighted by Gasteiger charge is 2.41. The van der Waals surface area contributed by atoms with Crippen molar-refractivity contribution < 1.29 is 23.8 Å². The molecule has 0 saturated carbocycles. The summed E-state index contributed by atoms with van der Waals surface area (Å²) in [6.07, 6.45) is 3.98. The summed E-state index contributed by atoms with van der Waals surface area (Å²) >= 11 is 0. The third-order valence-corrected chi connectivity index (χ3v) is 7.20. The first-order valence-electron chi connectivity index (χ1n) is 11.4. The number of benzene rings is 2. The van der Waals surface area contributed by atoms with E-state index in [1.165, 1.54) is 18.7 Å². The highest BCUT2D eigenvalue weighted by molar-refractivity contribution is 6.06. The molecule has 2 unspecified atom stereocenters. The third kappa shape index (κ3) is 3.49. The Labute approximate surface area is 190 Å². The van der Waals surface area contributed by atoms with E-state index in [-0.39, 0.29) is 23.6 Å². The Hall–Kier alpha value is -3.26. The summed E-state index contributed by atoms with van der Waals surface area (Å²) in [6.45, 7) is 3.16. The van der Waals surface area contributed by atoms with Crippen LogP contribution in [0.3, 0.4) is 0 Å². The largest absolute Gasteiger partial charge is 0.504 e. The van der Waals surface area contributed by atoms with Crippen LogP contribution in [0.1, 0.15) is 29.9 Å². The number of fused-ring (bicyclic) bond motifs is 4. The first kappa shape index (κ1) is 20.4. The van der Waals surface area contributed by atoms with Crippen LogP contribution in [0, 0.1) is 11.7 Å². The van der Waals surface area contributed by atoms with Gasteiger partial charge in [-0.2, -0.15) is 0 Å². The summed E-state index contributed by atoms with van der Waals surface area (Å²) in [5, 5.41) is 15.5. The Morgan fingerprint density at radius 3 is 2.91 bits per heavy atom. The Kier molecular flexibility index (Phi) is 4.90. The molecule has 1 saturated heterocycles. The predicted molar refractivity (Wildman–Crippen MR) is 122 cm³/mol. The number of methoxy groups -OCH3 is 1. The molecule has 8 heteroatoms. The van der Waals surface area contributed by atoms with Gasteiger partial charge in [-0.3, -0.25) is 4.90 Å². The first-order valence-corrected chi connectivity index (χ1v) is 11.4. The van der Waals surface area contributed by atoms with Gasteiger partial charge in [-0.05, 0) is 61.7 Å². The van der Waals surface area contributed by atoms with E-state index in [1.54, 1.807) is 24.3 Å². The average molecular weight is 451 g/mol. The molecule has 2 aromatic carbocycles. The standard InChI is InChI=1S/C25H26FN3O4/c1-31-23-10-22-17(9-21(23)30)25-19(13-32-22)24(33-28-25)12-29-6-4-14(5-7-29)18-11-27-20-3-2-15(26)8-16(18)20/h2-3,8-11,14,19,24,27,30H,4-7,12-13H2,1H3. The van der Waals surface area contributed by atoms with Crippen LogP contribution in [0.25, 0.3) is 10.9 Å². The van der Waals surface area contributed by atoms with Gasteiger partial charge in [0.15, 0.2) is 17.6 Å². The summed E-state index contributed by atoms with van der Waals surface area (Å²) in [4.78, 5) is 11.5. The summed E-state index contributed by atoms with van der Waals surface area (Å²) in [5.74, 6) is 1.34. The number of nitrogens with one attached hydrogen (secondary N) is 1. The van der Waals surface area contributed by atoms with Crippen LogP contribution in [0.2, 0.25) is 0 Å². The van der Waals surface area contributed by atoms with Crippen molar-refractivity contribution in [3.8, 4) is 17.2 Å². The second kappa shape index (κ2) is 7.95. The predicted octanol–water partition coefficient (Wildman–Crippen LogP) is 4.01. The van der Waals surface area contributed by atoms with E-state index in [1.807, 2.05) is 6.20 Å². The lowest BCUT2D eigenvalue weighted by molar-refractivity contribution is 0.0161. The number of aromatic hydroxyl groups is 1. The fourth-order valence-electron chi connectivity index (χ4n) is 5.38. The maximum Gasteiger partial charge on any atom is 0.164 e. The van der Waals surface area contributed by atoms with Crippen LogP contribution in [0.5, 0.6) is 17.2 Å². The zero-order valence-corrected chi connectivity index (χ0v) is 18.4. The third-order valence-electron chi connectivity index (χ3n) is 7.20. The lowest BCUT2D eigenvalue weighted by Gasteiger charge is -2.34. The van der Waals surface area contributed by atoms with Crippen molar-refractivity contribution in [2.45, 2.75) is 24.9 Å². The molecule has 7 nitrogen and oxygen atoms in total. The van der Waals surface area contributed by atoms with Gasteiger partial charge in [0, 0.05) is 35.3 Å². The molecular formula is C25H26FN3O4. The molecule has 172 valence electrons. The Bertz CT molecular complexity index is 1230. The number of halogens is 1. The molecule has 0 amide bonds. The van der Waals surface area contributed by atoms with Crippen molar-refractivity contribution in [2.24, 2.45) is 11.1 Å². The van der Waals surface area contributed by atoms with E-state index < -0.39 is 0 Å². The number of rotatable bonds is 4. The second-order valence-corrected chi connectivity index (χ2v) is 9.07. The number of piperidine rings is 1. The molecule has 0 aliphatic carbocycles. The van der Waals surface area contributed by atoms with E-state index in [4.69, 9.17) is 14.3 Å². The van der Waals surface area contributed by atoms with Crippen LogP contribution in [-0.4, -0.2) is 60.2 Å². The van der Waals surface area contributed by atoms with E-state index in [0.29, 0.717) is 24.0 Å². The number of H-pyrrole nitrogens is 1. The van der Waals surface area contributed by atoms with Crippen molar-refractivity contribution in [1.82, 2.24) is 9.88 Å². The smallest absolute Gasteiger partial charge is 0.164 e. The van der Waals surface area contributed by atoms with Gasteiger partial charge in [-0.1, -0.05) is 5.16 Å². The SMILES string of the molecule is COc1cc2c(cc1O)C1=NOC(CN3CCC(c4c[nH]c5ccc(F)cc45)CC3)C1CO2. The van der Waals surface area contributed by atoms with Gasteiger partial charge in [0.1, 0.15) is 23.9 Å². The molecule has 3 aliphatic rings. The highest BCUT2D eigenvalue weighted by atomic mass is 19.1. The van der Waals surface area contributed by atoms with Crippen molar-refractivity contribution >= 4 is 16.6 Å². The molecular weight excluding hydrogens is 425 g/mol. The molecule has 2 N–H and O–H groups in total. The van der Waals surface area contributed by atoms with Gasteiger partial charge in [-0.15, -0.1) is 0 Å². The molecule has 4 heterocycles. The second-order valence-electron chi connectivity index (χ2n) is 9.07. The topological polar surface area (TPSA) is 79.3 Å². The average Bonchev–Trinajstić information content (AvgIpc) is 3.43. The molecule has 0 radical (unpaired) electrons. The first-order chi connectivity index (χ1) is 16.1. The number of phenolic OH excluding ortho intramolecular Hbond substituents is 1. The molecule has 0 spiro atoms. The quantitative estimate of drug-likeness (QED) is 0.627. The van der Waals surface area contributed by atoms with E-state index >= 15 is 0 Å². The fourth-order valence-corrected chi connectivity index (χ4v) is 5.38. The van der Waals surface area contributed by atoms with Gasteiger partial charge in [0.05, 0.1) is 13.0 Å². The van der Waals surface area contributed by atoms with Crippen LogP contribution < -0.4 is 9.47 Å². The number of oxime groups is 1. The van der Waals surface area contributed by atoms with Crippen molar-refractivity contribution in [1.29, 1.82) is 0 Å². The van der Waals surface area contributed by atoms with E-state index in [9.17, 15) is 9.50 Å². The number of likely N-dealkylation sites (tertiary alicyclic amines) is 1. The summed E-state index contributed by atoms with van der Waals surface area (Å²) in [6, 6.07) is 8.26. The number of hydrogen-bond donors (Lipinski definition) is 2. The number of nitrogens with zero attached hydrogens (tertiary/aromatic N) is 2. The lowest BCUT2D eigenvalue weighted by atomic mass is 9.87. The van der Waals surface area contributed by atoms with Crippen molar-refractivity contribution in [2.75, 3.05) is 33.4 Å². The van der Waals surface area contributed by atoms with E-state index in [0.717, 1.165) is 54.7 Å². The number of ether oxygens (including phenoxy) is 2. The van der Waals surface area contributed by atoms with Gasteiger partial charge < -0.3 is 24.4 Å². The molecule has 33 heavy (non-hydrogen) atoms. The maximum atomic E-state index is 13.8. The van der Waals surface area contributed by atoms with Gasteiger partial charge in [0.25, 0.3) is 0 Å². The maximum absolute atomic E-state index is 13.8. The molecule has 3 aromatic rings. The normalized spacial score (nSPS) is 22.9. The van der Waals surface area contributed by atoms with E-state index in [2.05, 4.69) is 15.0 Å². The lowest BCUT2D eigenvalue weighted by Crippen LogP contribution is -2.43. The van der Waals surface area contributed by atoms with Crippen molar-refractivity contribution in [3.63, 3.8) is 0 Å². The summed E-state index contributed by atoms with van der Waals surface area (Å²) in [5.41, 5.74) is 3.78. The Morgan fingerprint density at radius 2 is 2.09 bits per heavy atom. The number of hydrogen-bond acceptors (Lipinski definition) is 6. The summed E-state index contributed by atoms with van der Waals surface area (Å²) < 4.78 is 24.9. The molecule has 1 aromatic heterocycles. The summed E-state index contributed by atoms with van der Waals surface area (Å²) in [7, 11) is 1.51. The van der Waals surface area contributed by atoms with Crippen LogP contribution >= 0.6 is 0 Å². The molecule has 3 aliphatic heterocycles. The number of aromatic nitrogens is 1. The monoisotopic (exact) mass is 451 g/mol. The minimum atomic E-state index is -0.196. The fraction of sp³-hybridized carbons (Fsp3) is 0.400. The van der Waals surface area contributed by atoms with Crippen molar-refractivity contribution in [3.05, 3.63) is 53.5 Å². The van der Waals surface area contributed by atoms with Crippen LogP contribution in [0.4, 0.5) is 4.39 Å². The van der Waals surface area contributed by atoms with Crippen LogP contribution in [-0.2, 0) is 4.84 Å². The van der Waals surface area contributed by atoms with Gasteiger partial charge >= 0.3 is 0 Å². The van der Waals surface area contributed by atoms with Crippen LogP contribution in [0.15, 0.2) is 41.7 Å². The minimum Gasteiger partial charge on any atom is -0.504 e. The Balaban J connectivity index is 1.11. The Morgan fingerprint density at radius 1 is 1.24 bits per heavy atom. The number of aromatic amines is 1. The molecule has 0 bridgehead atoms. The molecule has 2 atom stereocenters.